The lowest BCUT2D eigenvalue weighted by atomic mass is 10.1. The monoisotopic (exact) mass is 298 g/mol. The second-order valence-corrected chi connectivity index (χ2v) is 5.13. The van der Waals surface area contributed by atoms with Crippen LogP contribution >= 0.6 is 0 Å². The van der Waals surface area contributed by atoms with Crippen molar-refractivity contribution in [2.45, 2.75) is 19.9 Å². The third kappa shape index (κ3) is 4.40. The fraction of sp³-hybridized carbons (Fsp3) is 0.333. The molecule has 0 N–H and O–H groups in total. The highest BCUT2D eigenvalue weighted by Crippen LogP contribution is 2.11. The smallest absolute Gasteiger partial charge is 0.255 e. The van der Waals surface area contributed by atoms with Gasteiger partial charge in [0, 0.05) is 32.6 Å². The number of hydrogen-bond acceptors (Lipinski definition) is 3. The number of methoxy groups -OCH3 is 1. The molecule has 22 heavy (non-hydrogen) atoms. The first-order valence-electron chi connectivity index (χ1n) is 7.50. The Morgan fingerprint density at radius 3 is 2.50 bits per heavy atom. The Bertz CT molecular complexity index is 582. The Hall–Kier alpha value is -2.20. The van der Waals surface area contributed by atoms with E-state index < -0.39 is 0 Å². The summed E-state index contributed by atoms with van der Waals surface area (Å²) in [6.07, 6.45) is 4.28. The number of ether oxygens (including phenoxy) is 1. The predicted octanol–water partition coefficient (Wildman–Crippen LogP) is 2.93. The number of pyridine rings is 1. The molecule has 0 aliphatic rings. The van der Waals surface area contributed by atoms with E-state index in [-0.39, 0.29) is 5.91 Å². The zero-order valence-electron chi connectivity index (χ0n) is 13.2. The lowest BCUT2D eigenvalue weighted by Crippen LogP contribution is -2.33. The highest BCUT2D eigenvalue weighted by atomic mass is 16.5. The van der Waals surface area contributed by atoms with Crippen LogP contribution in [0.4, 0.5) is 0 Å². The summed E-state index contributed by atoms with van der Waals surface area (Å²) in [7, 11) is 1.64. The zero-order chi connectivity index (χ0) is 15.8. The molecule has 0 saturated carbocycles. The van der Waals surface area contributed by atoms with Gasteiger partial charge in [0.25, 0.3) is 5.91 Å². The average Bonchev–Trinajstić information content (AvgIpc) is 2.59. The molecule has 0 fully saturated rings. The molecule has 1 amide bonds. The highest BCUT2D eigenvalue weighted by molar-refractivity contribution is 5.93. The molecule has 0 radical (unpaired) electrons. The fourth-order valence-corrected chi connectivity index (χ4v) is 2.23. The topological polar surface area (TPSA) is 42.4 Å². The molecule has 1 aromatic heterocycles. The van der Waals surface area contributed by atoms with Crippen molar-refractivity contribution in [3.8, 4) is 0 Å². The second-order valence-electron chi connectivity index (χ2n) is 5.13. The van der Waals surface area contributed by atoms with E-state index in [4.69, 9.17) is 4.74 Å². The lowest BCUT2D eigenvalue weighted by molar-refractivity contribution is 0.0680. The van der Waals surface area contributed by atoms with Crippen molar-refractivity contribution < 1.29 is 9.53 Å². The minimum Gasteiger partial charge on any atom is -0.383 e. The van der Waals surface area contributed by atoms with Gasteiger partial charge in [0.1, 0.15) is 0 Å². The second kappa shape index (κ2) is 8.29. The summed E-state index contributed by atoms with van der Waals surface area (Å²) in [6.45, 7) is 3.77. The van der Waals surface area contributed by atoms with Crippen LogP contribution in [0.3, 0.4) is 0 Å². The molecule has 1 heterocycles. The van der Waals surface area contributed by atoms with Gasteiger partial charge >= 0.3 is 0 Å². The number of aromatic nitrogens is 1. The molecule has 116 valence electrons. The van der Waals surface area contributed by atoms with Crippen LogP contribution < -0.4 is 0 Å². The summed E-state index contributed by atoms with van der Waals surface area (Å²) < 4.78 is 5.12. The largest absolute Gasteiger partial charge is 0.383 e. The van der Waals surface area contributed by atoms with E-state index in [1.54, 1.807) is 36.5 Å². The number of nitrogens with zero attached hydrogens (tertiary/aromatic N) is 2. The van der Waals surface area contributed by atoms with Crippen molar-refractivity contribution >= 4 is 5.91 Å². The van der Waals surface area contributed by atoms with Gasteiger partial charge in [-0.05, 0) is 29.7 Å². The fourth-order valence-electron chi connectivity index (χ4n) is 2.23. The zero-order valence-corrected chi connectivity index (χ0v) is 13.2. The van der Waals surface area contributed by atoms with E-state index in [2.05, 4.69) is 36.2 Å². The molecule has 0 unspecified atom stereocenters. The van der Waals surface area contributed by atoms with Crippen molar-refractivity contribution in [2.75, 3.05) is 20.3 Å². The van der Waals surface area contributed by atoms with Crippen LogP contribution in [0, 0.1) is 0 Å². The van der Waals surface area contributed by atoms with Crippen LogP contribution in [0.5, 0.6) is 0 Å². The van der Waals surface area contributed by atoms with E-state index in [0.717, 1.165) is 12.0 Å². The molecule has 2 rings (SSSR count). The maximum atomic E-state index is 12.6. The molecule has 0 atom stereocenters. The minimum atomic E-state index is -0.0234. The maximum absolute atomic E-state index is 12.6. The van der Waals surface area contributed by atoms with E-state index in [9.17, 15) is 4.79 Å². The summed E-state index contributed by atoms with van der Waals surface area (Å²) in [5.41, 5.74) is 3.01. The molecular weight excluding hydrogens is 276 g/mol. The maximum Gasteiger partial charge on any atom is 0.255 e. The quantitative estimate of drug-likeness (QED) is 0.789. The minimum absolute atomic E-state index is 0.0234. The Kier molecular flexibility index (Phi) is 6.10. The van der Waals surface area contributed by atoms with Crippen molar-refractivity contribution in [3.05, 3.63) is 65.5 Å². The van der Waals surface area contributed by atoms with Crippen molar-refractivity contribution in [2.24, 2.45) is 0 Å². The number of rotatable bonds is 7. The number of amides is 1. The summed E-state index contributed by atoms with van der Waals surface area (Å²) in [5, 5.41) is 0. The Morgan fingerprint density at radius 1 is 1.18 bits per heavy atom. The number of hydrogen-bond donors (Lipinski definition) is 0. The Balaban J connectivity index is 2.12. The van der Waals surface area contributed by atoms with Gasteiger partial charge in [0.2, 0.25) is 0 Å². The van der Waals surface area contributed by atoms with Gasteiger partial charge < -0.3 is 9.64 Å². The van der Waals surface area contributed by atoms with Gasteiger partial charge in [-0.3, -0.25) is 9.78 Å². The average molecular weight is 298 g/mol. The van der Waals surface area contributed by atoms with Crippen LogP contribution in [0.2, 0.25) is 0 Å². The van der Waals surface area contributed by atoms with E-state index in [1.165, 1.54) is 5.56 Å². The summed E-state index contributed by atoms with van der Waals surface area (Å²) in [6, 6.07) is 11.9. The standard InChI is InChI=1S/C18H22N2O2/c1-3-15-6-8-16(9-7-15)14-20(11-12-22-2)18(21)17-5-4-10-19-13-17/h4-10,13H,3,11-12,14H2,1-2H3. The number of benzene rings is 1. The predicted molar refractivity (Wildman–Crippen MR) is 86.7 cm³/mol. The molecule has 0 aliphatic carbocycles. The first kappa shape index (κ1) is 16.2. The van der Waals surface area contributed by atoms with Gasteiger partial charge in [-0.15, -0.1) is 0 Å². The van der Waals surface area contributed by atoms with Crippen molar-refractivity contribution in [3.63, 3.8) is 0 Å². The Morgan fingerprint density at radius 2 is 1.91 bits per heavy atom. The molecule has 1 aromatic carbocycles. The summed E-state index contributed by atoms with van der Waals surface area (Å²) in [5.74, 6) is -0.0234. The van der Waals surface area contributed by atoms with Gasteiger partial charge in [0.05, 0.1) is 12.2 Å². The van der Waals surface area contributed by atoms with E-state index in [0.29, 0.717) is 25.3 Å². The van der Waals surface area contributed by atoms with Crippen LogP contribution in [-0.2, 0) is 17.7 Å². The van der Waals surface area contributed by atoms with Crippen LogP contribution in [-0.4, -0.2) is 36.1 Å². The van der Waals surface area contributed by atoms with Crippen molar-refractivity contribution in [1.29, 1.82) is 0 Å². The lowest BCUT2D eigenvalue weighted by Gasteiger charge is -2.22. The molecule has 0 spiro atoms. The summed E-state index contributed by atoms with van der Waals surface area (Å²) >= 11 is 0. The van der Waals surface area contributed by atoms with Crippen molar-refractivity contribution in [1.82, 2.24) is 9.88 Å². The van der Waals surface area contributed by atoms with Gasteiger partial charge in [-0.1, -0.05) is 31.2 Å². The SMILES string of the molecule is CCc1ccc(CN(CCOC)C(=O)c2cccnc2)cc1. The normalized spacial score (nSPS) is 10.5. The number of carbonyl (C=O) groups is 1. The van der Waals surface area contributed by atoms with E-state index in [1.807, 2.05) is 0 Å². The molecular formula is C18H22N2O2. The van der Waals surface area contributed by atoms with Crippen LogP contribution in [0.25, 0.3) is 0 Å². The van der Waals surface area contributed by atoms with Crippen LogP contribution in [0.15, 0.2) is 48.8 Å². The van der Waals surface area contributed by atoms with Gasteiger partial charge in [-0.25, -0.2) is 0 Å². The molecule has 2 aromatic rings. The van der Waals surface area contributed by atoms with Crippen LogP contribution in [0.1, 0.15) is 28.4 Å². The number of carbonyl (C=O) groups excluding carboxylic acids is 1. The first-order chi connectivity index (χ1) is 10.7. The molecule has 4 nitrogen and oxygen atoms in total. The molecule has 0 aliphatic heterocycles. The third-order valence-electron chi connectivity index (χ3n) is 3.57. The molecule has 4 heteroatoms. The van der Waals surface area contributed by atoms with E-state index >= 15 is 0 Å². The highest BCUT2D eigenvalue weighted by Gasteiger charge is 2.16. The van der Waals surface area contributed by atoms with Gasteiger partial charge in [0.15, 0.2) is 0 Å². The van der Waals surface area contributed by atoms with Gasteiger partial charge in [-0.2, -0.15) is 0 Å². The molecule has 0 bridgehead atoms. The number of aryl methyl sites for hydroxylation is 1. The Labute approximate surface area is 131 Å². The molecule has 0 saturated heterocycles. The third-order valence-corrected chi connectivity index (χ3v) is 3.57. The summed E-state index contributed by atoms with van der Waals surface area (Å²) in [4.78, 5) is 18.4. The first-order valence-corrected chi connectivity index (χ1v) is 7.50.